The number of carbonyl (C=O) groups is 1. The number of rotatable bonds is 5. The summed E-state index contributed by atoms with van der Waals surface area (Å²) in [7, 11) is 1.23. The van der Waals surface area contributed by atoms with E-state index in [1.54, 1.807) is 18.2 Å². The number of benzene rings is 3. The van der Waals surface area contributed by atoms with Crippen LogP contribution >= 0.6 is 0 Å². The highest BCUT2D eigenvalue weighted by Crippen LogP contribution is 2.22. The summed E-state index contributed by atoms with van der Waals surface area (Å²) in [6.45, 7) is 0. The summed E-state index contributed by atoms with van der Waals surface area (Å²) < 4.78 is 18.5. The van der Waals surface area contributed by atoms with E-state index in [1.165, 1.54) is 19.2 Å². The fourth-order valence-electron chi connectivity index (χ4n) is 2.80. The average molecular weight is 350 g/mol. The van der Waals surface area contributed by atoms with Crippen LogP contribution in [0.1, 0.15) is 21.5 Å². The second-order valence-corrected chi connectivity index (χ2v) is 6.05. The van der Waals surface area contributed by atoms with Gasteiger partial charge in [0.15, 0.2) is 0 Å². The molecule has 0 fully saturated rings. The monoisotopic (exact) mass is 350 g/mol. The molecule has 1 N–H and O–H groups in total. The fourth-order valence-corrected chi connectivity index (χ4v) is 2.80. The molecule has 0 amide bonds. The lowest BCUT2D eigenvalue weighted by atomic mass is 9.99. The third-order valence-electron chi connectivity index (χ3n) is 4.30. The highest BCUT2D eigenvalue weighted by atomic mass is 19.1. The van der Waals surface area contributed by atoms with Gasteiger partial charge in [-0.2, -0.15) is 0 Å². The molecule has 0 heterocycles. The van der Waals surface area contributed by atoms with Gasteiger partial charge in [0.05, 0.1) is 12.7 Å². The van der Waals surface area contributed by atoms with Gasteiger partial charge >= 0.3 is 5.97 Å². The van der Waals surface area contributed by atoms with Crippen molar-refractivity contribution in [1.82, 2.24) is 0 Å². The van der Waals surface area contributed by atoms with E-state index < -0.39 is 11.8 Å². The molecule has 3 rings (SSSR count). The molecule has 3 aromatic carbocycles. The predicted octanol–water partition coefficient (Wildman–Crippen LogP) is 4.77. The van der Waals surface area contributed by atoms with Crippen molar-refractivity contribution >= 4 is 5.97 Å². The number of methoxy groups -OCH3 is 1. The zero-order valence-corrected chi connectivity index (χ0v) is 14.4. The van der Waals surface area contributed by atoms with Gasteiger partial charge in [0.2, 0.25) is 0 Å². The van der Waals surface area contributed by atoms with Crippen LogP contribution in [0.3, 0.4) is 0 Å². The van der Waals surface area contributed by atoms with Crippen LogP contribution in [-0.4, -0.2) is 18.2 Å². The quantitative estimate of drug-likeness (QED) is 0.674. The number of hydrogen-bond donors (Lipinski definition) is 1. The Morgan fingerprint density at radius 2 is 1.42 bits per heavy atom. The minimum absolute atomic E-state index is 0.0468. The van der Waals surface area contributed by atoms with E-state index in [0.29, 0.717) is 6.42 Å². The second kappa shape index (κ2) is 7.83. The van der Waals surface area contributed by atoms with E-state index in [1.807, 2.05) is 36.4 Å². The van der Waals surface area contributed by atoms with Crippen LogP contribution in [0, 0.1) is 5.82 Å². The van der Waals surface area contributed by atoms with E-state index >= 15 is 0 Å². The summed E-state index contributed by atoms with van der Waals surface area (Å²) in [6, 6.07) is 19.8. The molecule has 0 bridgehead atoms. The summed E-state index contributed by atoms with van der Waals surface area (Å²) in [5.74, 6) is -0.980. The normalized spacial score (nSPS) is 10.5. The zero-order chi connectivity index (χ0) is 18.5. The Labute approximate surface area is 151 Å². The molecule has 0 aromatic heterocycles. The SMILES string of the molecule is COC(=O)c1ccc(CCc2ccc(-c3ccc(O)cc3)cc2)cc1F. The minimum Gasteiger partial charge on any atom is -0.508 e. The molecule has 0 radical (unpaired) electrons. The van der Waals surface area contributed by atoms with Crippen molar-refractivity contribution in [3.8, 4) is 16.9 Å². The molecule has 0 aliphatic heterocycles. The molecule has 0 spiro atoms. The summed E-state index contributed by atoms with van der Waals surface area (Å²) in [6.07, 6.45) is 1.45. The Balaban J connectivity index is 1.66. The Bertz CT molecular complexity index is 900. The lowest BCUT2D eigenvalue weighted by Crippen LogP contribution is -2.05. The summed E-state index contributed by atoms with van der Waals surface area (Å²) >= 11 is 0. The Morgan fingerprint density at radius 1 is 0.885 bits per heavy atom. The maximum atomic E-state index is 14.0. The van der Waals surface area contributed by atoms with E-state index in [-0.39, 0.29) is 11.3 Å². The van der Waals surface area contributed by atoms with Gasteiger partial charge in [0.25, 0.3) is 0 Å². The van der Waals surface area contributed by atoms with Crippen molar-refractivity contribution in [3.05, 3.63) is 89.2 Å². The smallest absolute Gasteiger partial charge is 0.340 e. The van der Waals surface area contributed by atoms with Gasteiger partial charge in [-0.3, -0.25) is 0 Å². The van der Waals surface area contributed by atoms with Crippen molar-refractivity contribution in [1.29, 1.82) is 0 Å². The number of esters is 1. The number of aryl methyl sites for hydroxylation is 2. The molecule has 0 atom stereocenters. The van der Waals surface area contributed by atoms with Crippen molar-refractivity contribution in [2.75, 3.05) is 7.11 Å². The fraction of sp³-hybridized carbons (Fsp3) is 0.136. The second-order valence-electron chi connectivity index (χ2n) is 6.05. The highest BCUT2D eigenvalue weighted by molar-refractivity contribution is 5.89. The van der Waals surface area contributed by atoms with Crippen molar-refractivity contribution < 1.29 is 19.0 Å². The van der Waals surface area contributed by atoms with Crippen LogP contribution < -0.4 is 0 Å². The Kier molecular flexibility index (Phi) is 5.32. The van der Waals surface area contributed by atoms with Crippen LogP contribution in [0.5, 0.6) is 5.75 Å². The summed E-state index contributed by atoms with van der Waals surface area (Å²) in [5.41, 5.74) is 4.04. The molecule has 0 aliphatic rings. The van der Waals surface area contributed by atoms with E-state index in [0.717, 1.165) is 28.7 Å². The van der Waals surface area contributed by atoms with Crippen LogP contribution in [0.15, 0.2) is 66.7 Å². The Hall–Kier alpha value is -3.14. The van der Waals surface area contributed by atoms with Crippen molar-refractivity contribution in [3.63, 3.8) is 0 Å². The van der Waals surface area contributed by atoms with Gasteiger partial charge in [-0.15, -0.1) is 0 Å². The largest absolute Gasteiger partial charge is 0.508 e. The van der Waals surface area contributed by atoms with E-state index in [4.69, 9.17) is 0 Å². The van der Waals surface area contributed by atoms with Gasteiger partial charge in [0.1, 0.15) is 11.6 Å². The molecule has 132 valence electrons. The lowest BCUT2D eigenvalue weighted by Gasteiger charge is -2.07. The third-order valence-corrected chi connectivity index (χ3v) is 4.30. The molecular weight excluding hydrogens is 331 g/mol. The van der Waals surface area contributed by atoms with Gasteiger partial charge in [-0.05, 0) is 59.4 Å². The number of phenolic OH excluding ortho intramolecular Hbond substituents is 1. The molecule has 0 saturated heterocycles. The molecule has 26 heavy (non-hydrogen) atoms. The number of carbonyl (C=O) groups excluding carboxylic acids is 1. The molecule has 0 aliphatic carbocycles. The van der Waals surface area contributed by atoms with Gasteiger partial charge in [-0.1, -0.05) is 42.5 Å². The maximum absolute atomic E-state index is 14.0. The molecule has 0 saturated carbocycles. The van der Waals surface area contributed by atoms with E-state index in [9.17, 15) is 14.3 Å². The van der Waals surface area contributed by atoms with Crippen LogP contribution in [-0.2, 0) is 17.6 Å². The topological polar surface area (TPSA) is 46.5 Å². The molecule has 3 aromatic rings. The first kappa shape index (κ1) is 17.7. The zero-order valence-electron chi connectivity index (χ0n) is 14.4. The van der Waals surface area contributed by atoms with Crippen molar-refractivity contribution in [2.45, 2.75) is 12.8 Å². The molecule has 4 heteroatoms. The average Bonchev–Trinajstić information content (AvgIpc) is 2.67. The number of halogens is 1. The predicted molar refractivity (Wildman–Crippen MR) is 98.7 cm³/mol. The van der Waals surface area contributed by atoms with Crippen LogP contribution in [0.2, 0.25) is 0 Å². The van der Waals surface area contributed by atoms with Crippen molar-refractivity contribution in [2.24, 2.45) is 0 Å². The molecule has 3 nitrogen and oxygen atoms in total. The number of hydrogen-bond acceptors (Lipinski definition) is 3. The minimum atomic E-state index is -0.668. The molecular formula is C22H19FO3. The van der Waals surface area contributed by atoms with Gasteiger partial charge < -0.3 is 9.84 Å². The first-order valence-electron chi connectivity index (χ1n) is 8.32. The molecule has 0 unspecified atom stereocenters. The maximum Gasteiger partial charge on any atom is 0.340 e. The first-order chi connectivity index (χ1) is 12.6. The van der Waals surface area contributed by atoms with E-state index in [2.05, 4.69) is 4.74 Å². The van der Waals surface area contributed by atoms with Crippen LogP contribution in [0.25, 0.3) is 11.1 Å². The lowest BCUT2D eigenvalue weighted by molar-refractivity contribution is 0.0595. The van der Waals surface area contributed by atoms with Gasteiger partial charge in [0, 0.05) is 0 Å². The third kappa shape index (κ3) is 4.09. The number of aromatic hydroxyl groups is 1. The Morgan fingerprint density at radius 3 is 2.00 bits per heavy atom. The number of phenols is 1. The van der Waals surface area contributed by atoms with Crippen LogP contribution in [0.4, 0.5) is 4.39 Å². The highest BCUT2D eigenvalue weighted by Gasteiger charge is 2.12. The standard InChI is InChI=1S/C22H19FO3/c1-26-22(25)20-13-6-16(14-21(20)23)3-2-15-4-7-17(8-5-15)18-9-11-19(24)12-10-18/h4-14,24H,2-3H2,1H3. The summed E-state index contributed by atoms with van der Waals surface area (Å²) in [4.78, 5) is 11.4. The van der Waals surface area contributed by atoms with Gasteiger partial charge in [-0.25, -0.2) is 9.18 Å². The first-order valence-corrected chi connectivity index (χ1v) is 8.32. The summed E-state index contributed by atoms with van der Waals surface area (Å²) in [5, 5.41) is 9.35. The number of ether oxygens (including phenoxy) is 1.